The Hall–Kier alpha value is -2.30. The molecule has 0 aliphatic heterocycles. The molecule has 0 spiro atoms. The van der Waals surface area contributed by atoms with E-state index in [1.807, 2.05) is 24.3 Å². The smallest absolute Gasteiger partial charge is 0.310 e. The van der Waals surface area contributed by atoms with Crippen molar-refractivity contribution in [2.24, 2.45) is 0 Å². The maximum absolute atomic E-state index is 11.3. The van der Waals surface area contributed by atoms with E-state index in [1.54, 1.807) is 0 Å². The van der Waals surface area contributed by atoms with Gasteiger partial charge in [-0.2, -0.15) is 0 Å². The van der Waals surface area contributed by atoms with Crippen molar-refractivity contribution in [2.45, 2.75) is 6.42 Å². The van der Waals surface area contributed by atoms with E-state index >= 15 is 0 Å². The van der Waals surface area contributed by atoms with Crippen LogP contribution in [0.2, 0.25) is 0 Å². The average molecular weight is 231 g/mol. The first-order valence-electron chi connectivity index (χ1n) is 5.27. The third-order valence-electron chi connectivity index (χ3n) is 2.34. The Morgan fingerprint density at radius 2 is 2.18 bits per heavy atom. The van der Waals surface area contributed by atoms with Gasteiger partial charge in [-0.25, -0.2) is 4.98 Å². The van der Waals surface area contributed by atoms with E-state index in [0.29, 0.717) is 13.0 Å². The van der Waals surface area contributed by atoms with E-state index in [0.717, 1.165) is 11.3 Å². The molecule has 0 aliphatic carbocycles. The number of nitrogens with two attached hydrogens (primary N) is 1. The molecule has 0 amide bonds. The second-order valence-corrected chi connectivity index (χ2v) is 3.52. The van der Waals surface area contributed by atoms with Gasteiger partial charge in [-0.05, 0) is 11.6 Å². The number of nitrogens with one attached hydrogen (secondary N) is 1. The summed E-state index contributed by atoms with van der Waals surface area (Å²) in [4.78, 5) is 17.6. The van der Waals surface area contributed by atoms with Gasteiger partial charge in [0.25, 0.3) is 5.88 Å². The first-order chi connectivity index (χ1) is 8.27. The van der Waals surface area contributed by atoms with Crippen LogP contribution in [-0.2, 0) is 6.42 Å². The van der Waals surface area contributed by atoms with Crippen molar-refractivity contribution >= 4 is 5.69 Å². The zero-order chi connectivity index (χ0) is 12.1. The SMILES string of the molecule is Nc1ccccc1CCOc1ncc[nH]c1=O. The van der Waals surface area contributed by atoms with Crippen molar-refractivity contribution in [2.75, 3.05) is 12.3 Å². The third kappa shape index (κ3) is 2.84. The number of hydrogen-bond donors (Lipinski definition) is 2. The fourth-order valence-corrected chi connectivity index (χ4v) is 1.46. The molecule has 1 aromatic heterocycles. The van der Waals surface area contributed by atoms with Crippen LogP contribution in [0.3, 0.4) is 0 Å². The third-order valence-corrected chi connectivity index (χ3v) is 2.34. The van der Waals surface area contributed by atoms with Gasteiger partial charge >= 0.3 is 5.56 Å². The van der Waals surface area contributed by atoms with E-state index in [2.05, 4.69) is 9.97 Å². The standard InChI is InChI=1S/C12H13N3O2/c13-10-4-2-1-3-9(10)5-8-17-12-11(16)14-6-7-15-12/h1-4,6-7H,5,8,13H2,(H,14,16). The lowest BCUT2D eigenvalue weighted by atomic mass is 10.1. The molecule has 2 aromatic rings. The van der Waals surface area contributed by atoms with Gasteiger partial charge in [0.15, 0.2) is 0 Å². The Bertz CT molecular complexity index is 551. The molecule has 0 atom stereocenters. The second kappa shape index (κ2) is 5.16. The fraction of sp³-hybridized carbons (Fsp3) is 0.167. The van der Waals surface area contributed by atoms with Crippen LogP contribution in [0.15, 0.2) is 41.5 Å². The quantitative estimate of drug-likeness (QED) is 0.768. The highest BCUT2D eigenvalue weighted by atomic mass is 16.5. The number of nitrogen functional groups attached to an aromatic ring is 1. The lowest BCUT2D eigenvalue weighted by Crippen LogP contribution is -2.14. The molecule has 17 heavy (non-hydrogen) atoms. The molecule has 0 unspecified atom stereocenters. The number of anilines is 1. The largest absolute Gasteiger partial charge is 0.473 e. The first-order valence-corrected chi connectivity index (χ1v) is 5.27. The summed E-state index contributed by atoms with van der Waals surface area (Å²) in [6.07, 6.45) is 3.58. The summed E-state index contributed by atoms with van der Waals surface area (Å²) >= 11 is 0. The number of aromatic nitrogens is 2. The van der Waals surface area contributed by atoms with Gasteiger partial charge < -0.3 is 15.5 Å². The minimum atomic E-state index is -0.325. The summed E-state index contributed by atoms with van der Waals surface area (Å²) in [6, 6.07) is 7.56. The zero-order valence-corrected chi connectivity index (χ0v) is 9.22. The summed E-state index contributed by atoms with van der Waals surface area (Å²) in [5.41, 5.74) is 7.19. The summed E-state index contributed by atoms with van der Waals surface area (Å²) in [5, 5.41) is 0. The number of aromatic amines is 1. The zero-order valence-electron chi connectivity index (χ0n) is 9.22. The molecule has 0 aliphatic rings. The van der Waals surface area contributed by atoms with Gasteiger partial charge in [-0.3, -0.25) is 4.79 Å². The molecule has 0 saturated heterocycles. The summed E-state index contributed by atoms with van der Waals surface area (Å²) in [6.45, 7) is 0.369. The van der Waals surface area contributed by atoms with E-state index < -0.39 is 0 Å². The lowest BCUT2D eigenvalue weighted by Gasteiger charge is -2.06. The Balaban J connectivity index is 1.95. The predicted octanol–water partition coefficient (Wildman–Crippen LogP) is 0.974. The van der Waals surface area contributed by atoms with Crippen LogP contribution in [0.4, 0.5) is 5.69 Å². The predicted molar refractivity (Wildman–Crippen MR) is 64.9 cm³/mol. The van der Waals surface area contributed by atoms with E-state index in [4.69, 9.17) is 10.5 Å². The normalized spacial score (nSPS) is 10.1. The number of rotatable bonds is 4. The van der Waals surface area contributed by atoms with Crippen LogP contribution < -0.4 is 16.0 Å². The highest BCUT2D eigenvalue weighted by molar-refractivity contribution is 5.46. The van der Waals surface area contributed by atoms with Gasteiger partial charge in [0.05, 0.1) is 6.61 Å². The molecule has 1 aromatic carbocycles. The minimum absolute atomic E-state index is 0.0852. The van der Waals surface area contributed by atoms with Crippen LogP contribution >= 0.6 is 0 Å². The van der Waals surface area contributed by atoms with E-state index in [9.17, 15) is 4.79 Å². The van der Waals surface area contributed by atoms with Crippen molar-refractivity contribution in [3.8, 4) is 5.88 Å². The molecular formula is C12H13N3O2. The maximum atomic E-state index is 11.3. The Labute approximate surface area is 98.3 Å². The molecule has 3 N–H and O–H groups in total. The Morgan fingerprint density at radius 3 is 2.94 bits per heavy atom. The Morgan fingerprint density at radius 1 is 1.35 bits per heavy atom. The molecule has 0 saturated carbocycles. The van der Waals surface area contributed by atoms with Crippen molar-refractivity contribution in [3.63, 3.8) is 0 Å². The number of benzene rings is 1. The number of hydrogen-bond acceptors (Lipinski definition) is 4. The first kappa shape index (κ1) is 11.2. The molecule has 0 fully saturated rings. The topological polar surface area (TPSA) is 81.0 Å². The van der Waals surface area contributed by atoms with Crippen LogP contribution in [0, 0.1) is 0 Å². The summed E-state index contributed by atoms with van der Waals surface area (Å²) in [7, 11) is 0. The number of para-hydroxylation sites is 1. The molecule has 0 bridgehead atoms. The fourth-order valence-electron chi connectivity index (χ4n) is 1.46. The van der Waals surface area contributed by atoms with Crippen molar-refractivity contribution in [3.05, 3.63) is 52.6 Å². The molecule has 5 nitrogen and oxygen atoms in total. The Kier molecular flexibility index (Phi) is 3.40. The maximum Gasteiger partial charge on any atom is 0.310 e. The van der Waals surface area contributed by atoms with Gasteiger partial charge in [-0.1, -0.05) is 18.2 Å². The summed E-state index contributed by atoms with van der Waals surface area (Å²) < 4.78 is 5.29. The van der Waals surface area contributed by atoms with Crippen LogP contribution in [-0.4, -0.2) is 16.6 Å². The van der Waals surface area contributed by atoms with Gasteiger partial charge in [0, 0.05) is 24.5 Å². The van der Waals surface area contributed by atoms with Gasteiger partial charge in [0.2, 0.25) is 0 Å². The minimum Gasteiger partial charge on any atom is -0.473 e. The van der Waals surface area contributed by atoms with Gasteiger partial charge in [0.1, 0.15) is 0 Å². The van der Waals surface area contributed by atoms with Crippen LogP contribution in [0.1, 0.15) is 5.56 Å². The van der Waals surface area contributed by atoms with E-state index in [-0.39, 0.29) is 11.4 Å². The van der Waals surface area contributed by atoms with Crippen LogP contribution in [0.25, 0.3) is 0 Å². The van der Waals surface area contributed by atoms with Crippen LogP contribution in [0.5, 0.6) is 5.88 Å². The highest BCUT2D eigenvalue weighted by Gasteiger charge is 2.02. The molecule has 1 heterocycles. The summed E-state index contributed by atoms with van der Waals surface area (Å²) in [5.74, 6) is 0.0852. The molecule has 0 radical (unpaired) electrons. The molecule has 2 rings (SSSR count). The lowest BCUT2D eigenvalue weighted by molar-refractivity contribution is 0.304. The van der Waals surface area contributed by atoms with E-state index in [1.165, 1.54) is 12.4 Å². The van der Waals surface area contributed by atoms with Gasteiger partial charge in [-0.15, -0.1) is 0 Å². The number of H-pyrrole nitrogens is 1. The van der Waals surface area contributed by atoms with Crippen molar-refractivity contribution in [1.82, 2.24) is 9.97 Å². The number of ether oxygens (including phenoxy) is 1. The number of nitrogens with zero attached hydrogens (tertiary/aromatic N) is 1. The highest BCUT2D eigenvalue weighted by Crippen LogP contribution is 2.11. The van der Waals surface area contributed by atoms with Crippen molar-refractivity contribution in [1.29, 1.82) is 0 Å². The second-order valence-electron chi connectivity index (χ2n) is 3.52. The molecule has 5 heteroatoms. The average Bonchev–Trinajstić information content (AvgIpc) is 2.34. The molecule has 88 valence electrons. The molecular weight excluding hydrogens is 218 g/mol. The van der Waals surface area contributed by atoms with Crippen molar-refractivity contribution < 1.29 is 4.74 Å². The monoisotopic (exact) mass is 231 g/mol.